The highest BCUT2D eigenvalue weighted by molar-refractivity contribution is 7.17. The maximum Gasteiger partial charge on any atom is 0.140 e. The first-order valence-corrected chi connectivity index (χ1v) is 4.82. The lowest BCUT2D eigenvalue weighted by molar-refractivity contribution is 0.419. The van der Waals surface area contributed by atoms with Crippen molar-refractivity contribution in [3.63, 3.8) is 0 Å². The van der Waals surface area contributed by atoms with Gasteiger partial charge in [0.25, 0.3) is 0 Å². The maximum atomic E-state index is 13.4. The molecule has 0 radical (unpaired) electrons. The molecule has 0 bridgehead atoms. The van der Waals surface area contributed by atoms with Crippen LogP contribution in [-0.2, 0) is 0 Å². The van der Waals surface area contributed by atoms with E-state index in [0.717, 1.165) is 10.3 Å². The molecule has 13 heavy (non-hydrogen) atoms. The number of aryl methyl sites for hydroxylation is 1. The first-order chi connectivity index (χ1) is 6.24. The van der Waals surface area contributed by atoms with Crippen molar-refractivity contribution >= 4 is 21.4 Å². The monoisotopic (exact) mass is 196 g/mol. The Morgan fingerprint density at radius 1 is 1.38 bits per heavy atom. The molecule has 0 N–H and O–H groups in total. The molecule has 0 spiro atoms. The summed E-state index contributed by atoms with van der Waals surface area (Å²) in [5.74, 6) is 0.417. The fourth-order valence-corrected chi connectivity index (χ4v) is 2.37. The first kappa shape index (κ1) is 8.51. The van der Waals surface area contributed by atoms with Crippen LogP contribution in [0.1, 0.15) is 5.56 Å². The van der Waals surface area contributed by atoms with Crippen LogP contribution in [0.5, 0.6) is 5.75 Å². The lowest BCUT2D eigenvalue weighted by Gasteiger charge is -1.99. The summed E-state index contributed by atoms with van der Waals surface area (Å²) in [6, 6.07) is 3.26. The highest BCUT2D eigenvalue weighted by atomic mass is 32.1. The van der Waals surface area contributed by atoms with E-state index in [2.05, 4.69) is 0 Å². The van der Waals surface area contributed by atoms with Crippen molar-refractivity contribution in [2.75, 3.05) is 7.11 Å². The van der Waals surface area contributed by atoms with Crippen molar-refractivity contribution in [2.45, 2.75) is 6.92 Å². The molecule has 1 aromatic heterocycles. The Bertz CT molecular complexity index is 447. The van der Waals surface area contributed by atoms with E-state index in [0.29, 0.717) is 11.1 Å². The van der Waals surface area contributed by atoms with Gasteiger partial charge in [0.15, 0.2) is 0 Å². The summed E-state index contributed by atoms with van der Waals surface area (Å²) in [6.07, 6.45) is 0. The van der Waals surface area contributed by atoms with E-state index in [4.69, 9.17) is 4.74 Å². The van der Waals surface area contributed by atoms with Gasteiger partial charge < -0.3 is 4.74 Å². The van der Waals surface area contributed by atoms with Gasteiger partial charge in [0.2, 0.25) is 0 Å². The predicted octanol–water partition coefficient (Wildman–Crippen LogP) is 3.36. The zero-order valence-electron chi connectivity index (χ0n) is 7.43. The van der Waals surface area contributed by atoms with E-state index in [1.807, 2.05) is 12.3 Å². The summed E-state index contributed by atoms with van der Waals surface area (Å²) in [4.78, 5) is 0. The molecule has 0 aliphatic heterocycles. The zero-order valence-corrected chi connectivity index (χ0v) is 8.24. The van der Waals surface area contributed by atoms with Crippen LogP contribution < -0.4 is 4.74 Å². The number of hydrogen-bond donors (Lipinski definition) is 0. The van der Waals surface area contributed by atoms with Gasteiger partial charge in [0, 0.05) is 10.1 Å². The lowest BCUT2D eigenvalue weighted by Crippen LogP contribution is -1.83. The minimum Gasteiger partial charge on any atom is -0.495 e. The summed E-state index contributed by atoms with van der Waals surface area (Å²) in [6.45, 7) is 1.97. The molecule has 1 heterocycles. The number of thiophene rings is 1. The number of hydrogen-bond acceptors (Lipinski definition) is 2. The standard InChI is InChI=1S/C10H9FOS/c1-6-3-4-7(11)9-8(12-2)5-13-10(6)9/h3-5H,1-2H3. The van der Waals surface area contributed by atoms with Crippen molar-refractivity contribution in [3.05, 3.63) is 28.9 Å². The van der Waals surface area contributed by atoms with Crippen molar-refractivity contribution in [1.29, 1.82) is 0 Å². The molecule has 68 valence electrons. The molecule has 0 aliphatic carbocycles. The van der Waals surface area contributed by atoms with Gasteiger partial charge in [-0.25, -0.2) is 4.39 Å². The average molecular weight is 196 g/mol. The van der Waals surface area contributed by atoms with Crippen LogP contribution in [0.25, 0.3) is 10.1 Å². The largest absolute Gasteiger partial charge is 0.495 e. The van der Waals surface area contributed by atoms with Crippen LogP contribution >= 0.6 is 11.3 Å². The summed E-state index contributed by atoms with van der Waals surface area (Å²) < 4.78 is 19.4. The Morgan fingerprint density at radius 3 is 2.85 bits per heavy atom. The second-order valence-corrected chi connectivity index (χ2v) is 3.75. The summed E-state index contributed by atoms with van der Waals surface area (Å²) >= 11 is 1.51. The molecule has 0 saturated heterocycles. The average Bonchev–Trinajstić information content (AvgIpc) is 2.56. The molecule has 3 heteroatoms. The second kappa shape index (κ2) is 3.00. The fourth-order valence-electron chi connectivity index (χ4n) is 1.37. The second-order valence-electron chi connectivity index (χ2n) is 2.87. The number of methoxy groups -OCH3 is 1. The van der Waals surface area contributed by atoms with E-state index in [-0.39, 0.29) is 5.82 Å². The molecule has 2 aromatic rings. The van der Waals surface area contributed by atoms with E-state index >= 15 is 0 Å². The zero-order chi connectivity index (χ0) is 9.42. The van der Waals surface area contributed by atoms with Crippen molar-refractivity contribution < 1.29 is 9.13 Å². The van der Waals surface area contributed by atoms with Gasteiger partial charge >= 0.3 is 0 Å². The third-order valence-electron chi connectivity index (χ3n) is 2.05. The first-order valence-electron chi connectivity index (χ1n) is 3.94. The molecule has 2 rings (SSSR count). The number of benzene rings is 1. The minimum atomic E-state index is -0.210. The molecular formula is C10H9FOS. The number of rotatable bonds is 1. The molecule has 0 fully saturated rings. The summed E-state index contributed by atoms with van der Waals surface area (Å²) in [7, 11) is 1.56. The SMILES string of the molecule is COc1csc2c(C)ccc(F)c12. The van der Waals surface area contributed by atoms with Crippen molar-refractivity contribution in [2.24, 2.45) is 0 Å². The van der Waals surface area contributed by atoms with E-state index in [1.54, 1.807) is 13.2 Å². The Morgan fingerprint density at radius 2 is 2.15 bits per heavy atom. The van der Waals surface area contributed by atoms with Gasteiger partial charge in [-0.2, -0.15) is 0 Å². The Hall–Kier alpha value is -1.09. The van der Waals surface area contributed by atoms with Crippen LogP contribution in [0.3, 0.4) is 0 Å². The molecule has 0 amide bonds. The third-order valence-corrected chi connectivity index (χ3v) is 3.15. The highest BCUT2D eigenvalue weighted by Gasteiger charge is 2.10. The molecule has 0 aliphatic rings. The molecule has 0 saturated carbocycles. The fraction of sp³-hybridized carbons (Fsp3) is 0.200. The molecule has 0 unspecified atom stereocenters. The van der Waals surface area contributed by atoms with Gasteiger partial charge in [-0.15, -0.1) is 11.3 Å². The maximum absolute atomic E-state index is 13.4. The summed E-state index contributed by atoms with van der Waals surface area (Å²) in [5, 5.41) is 2.44. The lowest BCUT2D eigenvalue weighted by atomic mass is 10.2. The Kier molecular flexibility index (Phi) is 1.96. The molecular weight excluding hydrogens is 187 g/mol. The molecule has 1 nitrogen and oxygen atoms in total. The van der Waals surface area contributed by atoms with Crippen LogP contribution in [0.4, 0.5) is 4.39 Å². The predicted molar refractivity (Wildman–Crippen MR) is 53.1 cm³/mol. The highest BCUT2D eigenvalue weighted by Crippen LogP contribution is 2.35. The van der Waals surface area contributed by atoms with E-state index < -0.39 is 0 Å². The Balaban J connectivity index is 2.87. The third kappa shape index (κ3) is 1.20. The van der Waals surface area contributed by atoms with Crippen LogP contribution in [0.2, 0.25) is 0 Å². The van der Waals surface area contributed by atoms with Gasteiger partial charge in [-0.3, -0.25) is 0 Å². The number of fused-ring (bicyclic) bond motifs is 1. The van der Waals surface area contributed by atoms with Crippen LogP contribution in [0, 0.1) is 12.7 Å². The number of halogens is 1. The van der Waals surface area contributed by atoms with Crippen molar-refractivity contribution in [1.82, 2.24) is 0 Å². The topological polar surface area (TPSA) is 9.23 Å². The number of ether oxygens (including phenoxy) is 1. The van der Waals surface area contributed by atoms with Crippen molar-refractivity contribution in [3.8, 4) is 5.75 Å². The van der Waals surface area contributed by atoms with Crippen LogP contribution in [-0.4, -0.2) is 7.11 Å². The normalized spacial score (nSPS) is 10.7. The van der Waals surface area contributed by atoms with E-state index in [1.165, 1.54) is 17.4 Å². The molecule has 1 aromatic carbocycles. The smallest absolute Gasteiger partial charge is 0.140 e. The quantitative estimate of drug-likeness (QED) is 0.679. The minimum absolute atomic E-state index is 0.210. The van der Waals surface area contributed by atoms with Gasteiger partial charge in [0.1, 0.15) is 11.6 Å². The van der Waals surface area contributed by atoms with E-state index in [9.17, 15) is 4.39 Å². The van der Waals surface area contributed by atoms with Gasteiger partial charge in [-0.1, -0.05) is 6.07 Å². The van der Waals surface area contributed by atoms with Gasteiger partial charge in [0.05, 0.1) is 12.5 Å². The summed E-state index contributed by atoms with van der Waals surface area (Å²) in [5.41, 5.74) is 1.09. The Labute approximate surface area is 79.8 Å². The van der Waals surface area contributed by atoms with Crippen LogP contribution in [0.15, 0.2) is 17.5 Å². The molecule has 0 atom stereocenters. The van der Waals surface area contributed by atoms with Gasteiger partial charge in [-0.05, 0) is 18.6 Å².